The number of benzene rings is 2. The number of thiophene rings is 1. The van der Waals surface area contributed by atoms with Crippen molar-refractivity contribution in [1.29, 1.82) is 0 Å². The van der Waals surface area contributed by atoms with E-state index in [2.05, 4.69) is 10.3 Å². The Morgan fingerprint density at radius 1 is 1.16 bits per heavy atom. The molecule has 0 unspecified atom stereocenters. The molecule has 0 aliphatic rings. The van der Waals surface area contributed by atoms with Gasteiger partial charge in [-0.05, 0) is 23.8 Å². The number of rotatable bonds is 5. The van der Waals surface area contributed by atoms with E-state index in [9.17, 15) is 22.8 Å². The van der Waals surface area contributed by atoms with Crippen molar-refractivity contribution in [3.05, 3.63) is 75.9 Å². The number of anilines is 1. The summed E-state index contributed by atoms with van der Waals surface area (Å²) < 4.78 is 39.4. The number of halogens is 3. The first-order valence-corrected chi connectivity index (χ1v) is 11.0. The lowest BCUT2D eigenvalue weighted by atomic mass is 10.1. The molecule has 0 fully saturated rings. The summed E-state index contributed by atoms with van der Waals surface area (Å²) in [6, 6.07) is 13.7. The summed E-state index contributed by atoms with van der Waals surface area (Å²) in [6.07, 6.45) is -4.51. The molecule has 3 N–H and O–H groups in total. The molecule has 0 saturated heterocycles. The number of carbonyl (C=O) groups excluding carboxylic acids is 1. The van der Waals surface area contributed by atoms with Gasteiger partial charge in [-0.25, -0.2) is 9.66 Å². The van der Waals surface area contributed by atoms with Crippen LogP contribution in [0, 0.1) is 0 Å². The minimum atomic E-state index is -4.51. The molecule has 0 radical (unpaired) electrons. The number of nitrogens with zero attached hydrogens (tertiary/aromatic N) is 2. The molecule has 0 bridgehead atoms. The average Bonchev–Trinajstić information content (AvgIpc) is 3.19. The minimum absolute atomic E-state index is 0.0183. The minimum Gasteiger partial charge on any atom is -0.334 e. The molecule has 4 aromatic rings. The highest BCUT2D eigenvalue weighted by Crippen LogP contribution is 2.32. The predicted octanol–water partition coefficient (Wildman–Crippen LogP) is 4.59. The Morgan fingerprint density at radius 3 is 2.62 bits per heavy atom. The number of nitrogens with two attached hydrogens (primary N) is 1. The Balaban J connectivity index is 1.52. The number of nitrogen functional groups attached to an aromatic ring is 1. The van der Waals surface area contributed by atoms with Gasteiger partial charge in [-0.15, -0.1) is 11.3 Å². The predicted molar refractivity (Wildman–Crippen MR) is 120 cm³/mol. The van der Waals surface area contributed by atoms with Gasteiger partial charge in [-0.1, -0.05) is 48.2 Å². The fraction of sp³-hybridized carbons (Fsp3) is 0.0952. The number of hydrogen-bond donors (Lipinski definition) is 2. The standard InChI is InChI=1S/C21H15F3N4O2S2/c22-21(23,24)13-7-4-8-14(9-13)26-16(29)11-32-20-27-18-17(19(30)28(20)25)15(10-31-18)12-5-2-1-3-6-12/h1-10H,11,25H2,(H,26,29). The third-order valence-corrected chi connectivity index (χ3v) is 6.32. The molecule has 4 rings (SSSR count). The molecule has 0 spiro atoms. The summed E-state index contributed by atoms with van der Waals surface area (Å²) in [4.78, 5) is 30.0. The van der Waals surface area contributed by atoms with Crippen LogP contribution in [0.1, 0.15) is 5.56 Å². The quantitative estimate of drug-likeness (QED) is 0.250. The first-order valence-electron chi connectivity index (χ1n) is 9.18. The Morgan fingerprint density at radius 2 is 1.91 bits per heavy atom. The van der Waals surface area contributed by atoms with Crippen LogP contribution in [0.25, 0.3) is 21.3 Å². The van der Waals surface area contributed by atoms with Crippen molar-refractivity contribution in [2.75, 3.05) is 16.9 Å². The van der Waals surface area contributed by atoms with Gasteiger partial charge in [0, 0.05) is 16.6 Å². The molecule has 11 heteroatoms. The second-order valence-corrected chi connectivity index (χ2v) is 8.48. The Kier molecular flexibility index (Phi) is 5.94. The third kappa shape index (κ3) is 4.48. The molecular weight excluding hydrogens is 461 g/mol. The van der Waals surface area contributed by atoms with Crippen molar-refractivity contribution < 1.29 is 18.0 Å². The number of aromatic nitrogens is 2. The fourth-order valence-corrected chi connectivity index (χ4v) is 4.72. The van der Waals surface area contributed by atoms with Crippen LogP contribution in [0.15, 0.2) is 69.9 Å². The van der Waals surface area contributed by atoms with Gasteiger partial charge in [0.15, 0.2) is 5.16 Å². The van der Waals surface area contributed by atoms with Gasteiger partial charge < -0.3 is 11.2 Å². The third-order valence-electron chi connectivity index (χ3n) is 4.50. The van der Waals surface area contributed by atoms with Crippen LogP contribution in [0.3, 0.4) is 0 Å². The molecule has 0 atom stereocenters. The Hall–Kier alpha value is -3.31. The zero-order valence-corrected chi connectivity index (χ0v) is 17.9. The van der Waals surface area contributed by atoms with Gasteiger partial charge in [-0.3, -0.25) is 9.59 Å². The van der Waals surface area contributed by atoms with E-state index in [-0.39, 0.29) is 16.6 Å². The van der Waals surface area contributed by atoms with Crippen molar-refractivity contribution in [2.24, 2.45) is 0 Å². The summed E-state index contributed by atoms with van der Waals surface area (Å²) in [6.45, 7) is 0. The maximum absolute atomic E-state index is 12.9. The van der Waals surface area contributed by atoms with Crippen LogP contribution in [-0.4, -0.2) is 21.3 Å². The van der Waals surface area contributed by atoms with Gasteiger partial charge in [-0.2, -0.15) is 13.2 Å². The number of alkyl halides is 3. The smallest absolute Gasteiger partial charge is 0.334 e. The van der Waals surface area contributed by atoms with Crippen molar-refractivity contribution in [2.45, 2.75) is 11.3 Å². The second kappa shape index (κ2) is 8.67. The van der Waals surface area contributed by atoms with Crippen LogP contribution < -0.4 is 16.7 Å². The van der Waals surface area contributed by atoms with Crippen LogP contribution in [0.5, 0.6) is 0 Å². The Bertz CT molecular complexity index is 1350. The average molecular weight is 477 g/mol. The summed E-state index contributed by atoms with van der Waals surface area (Å²) >= 11 is 2.20. The zero-order chi connectivity index (χ0) is 22.9. The van der Waals surface area contributed by atoms with Gasteiger partial charge in [0.25, 0.3) is 5.56 Å². The van der Waals surface area contributed by atoms with Gasteiger partial charge >= 0.3 is 6.18 Å². The van der Waals surface area contributed by atoms with Gasteiger partial charge in [0.2, 0.25) is 5.91 Å². The largest absolute Gasteiger partial charge is 0.416 e. The highest BCUT2D eigenvalue weighted by atomic mass is 32.2. The maximum Gasteiger partial charge on any atom is 0.416 e. The molecule has 164 valence electrons. The van der Waals surface area contributed by atoms with E-state index in [4.69, 9.17) is 5.84 Å². The van der Waals surface area contributed by atoms with E-state index < -0.39 is 23.2 Å². The number of thioether (sulfide) groups is 1. The Labute approximate surface area is 187 Å². The van der Waals surface area contributed by atoms with Crippen LogP contribution in [0.4, 0.5) is 18.9 Å². The van der Waals surface area contributed by atoms with E-state index in [0.29, 0.717) is 10.2 Å². The molecule has 6 nitrogen and oxygen atoms in total. The molecule has 0 saturated carbocycles. The number of carbonyl (C=O) groups is 1. The monoisotopic (exact) mass is 476 g/mol. The summed E-state index contributed by atoms with van der Waals surface area (Å²) in [7, 11) is 0. The lowest BCUT2D eigenvalue weighted by Crippen LogP contribution is -2.30. The van der Waals surface area contributed by atoms with Gasteiger partial charge in [0.1, 0.15) is 4.83 Å². The van der Waals surface area contributed by atoms with E-state index in [1.807, 2.05) is 35.7 Å². The highest BCUT2D eigenvalue weighted by molar-refractivity contribution is 7.99. The van der Waals surface area contributed by atoms with E-state index in [0.717, 1.165) is 39.7 Å². The molecule has 2 heterocycles. The van der Waals surface area contributed by atoms with Crippen molar-refractivity contribution in [3.8, 4) is 11.1 Å². The maximum atomic E-state index is 12.9. The van der Waals surface area contributed by atoms with Crippen molar-refractivity contribution in [1.82, 2.24) is 9.66 Å². The number of amides is 1. The van der Waals surface area contributed by atoms with Crippen molar-refractivity contribution in [3.63, 3.8) is 0 Å². The number of fused-ring (bicyclic) bond motifs is 1. The summed E-state index contributed by atoms with van der Waals surface area (Å²) in [5, 5.41) is 4.75. The van der Waals surface area contributed by atoms with Crippen LogP contribution in [0.2, 0.25) is 0 Å². The second-order valence-electron chi connectivity index (χ2n) is 6.68. The molecule has 32 heavy (non-hydrogen) atoms. The molecule has 2 aromatic heterocycles. The van der Waals surface area contributed by atoms with E-state index >= 15 is 0 Å². The number of hydrogen-bond acceptors (Lipinski definition) is 6. The summed E-state index contributed by atoms with van der Waals surface area (Å²) in [5.41, 5.74) is 0.290. The number of nitrogens with one attached hydrogen (secondary N) is 1. The first kappa shape index (κ1) is 21.9. The molecule has 1 amide bonds. The molecule has 0 aliphatic heterocycles. The van der Waals surface area contributed by atoms with Crippen molar-refractivity contribution >= 4 is 44.9 Å². The molecule has 2 aromatic carbocycles. The van der Waals surface area contributed by atoms with E-state index in [1.54, 1.807) is 0 Å². The lowest BCUT2D eigenvalue weighted by molar-refractivity contribution is -0.137. The van der Waals surface area contributed by atoms with Gasteiger partial charge in [0.05, 0.1) is 16.7 Å². The molecule has 0 aliphatic carbocycles. The van der Waals surface area contributed by atoms with Crippen LogP contribution in [-0.2, 0) is 11.0 Å². The first-order chi connectivity index (χ1) is 15.2. The zero-order valence-electron chi connectivity index (χ0n) is 16.2. The fourth-order valence-electron chi connectivity index (χ4n) is 3.02. The summed E-state index contributed by atoms with van der Waals surface area (Å²) in [5.74, 6) is 5.18. The topological polar surface area (TPSA) is 90.0 Å². The molecular formula is C21H15F3N4O2S2. The lowest BCUT2D eigenvalue weighted by Gasteiger charge is -2.10. The highest BCUT2D eigenvalue weighted by Gasteiger charge is 2.30. The van der Waals surface area contributed by atoms with Crippen LogP contribution >= 0.6 is 23.1 Å². The van der Waals surface area contributed by atoms with E-state index in [1.165, 1.54) is 23.5 Å². The normalized spacial score (nSPS) is 11.6. The SMILES string of the molecule is Nn1c(SCC(=O)Nc2cccc(C(F)(F)F)c2)nc2scc(-c3ccccc3)c2c1=O.